The molecule has 1 fully saturated rings. The Balaban J connectivity index is 1.41. The van der Waals surface area contributed by atoms with E-state index in [-0.39, 0.29) is 23.8 Å². The topological polar surface area (TPSA) is 79.5 Å². The van der Waals surface area contributed by atoms with Gasteiger partial charge in [-0.25, -0.2) is 0 Å². The molecule has 4 rings (SSSR count). The Labute approximate surface area is 160 Å². The van der Waals surface area contributed by atoms with E-state index in [4.69, 9.17) is 5.73 Å². The van der Waals surface area contributed by atoms with Crippen molar-refractivity contribution in [3.63, 3.8) is 0 Å². The molecule has 0 radical (unpaired) electrons. The van der Waals surface area contributed by atoms with Crippen LogP contribution in [0.5, 0.6) is 0 Å². The zero-order valence-electron chi connectivity index (χ0n) is 15.8. The predicted octanol–water partition coefficient (Wildman–Crippen LogP) is 2.40. The number of benzene rings is 1. The number of carbonyl (C=O) groups excluding carboxylic acids is 1. The Morgan fingerprint density at radius 2 is 1.96 bits per heavy atom. The van der Waals surface area contributed by atoms with Crippen molar-refractivity contribution >= 4 is 11.5 Å². The van der Waals surface area contributed by atoms with E-state index < -0.39 is 0 Å². The van der Waals surface area contributed by atoms with Crippen LogP contribution in [-0.2, 0) is 12.8 Å². The lowest BCUT2D eigenvalue weighted by Gasteiger charge is -2.42. The largest absolute Gasteiger partial charge is 0.398 e. The van der Waals surface area contributed by atoms with Crippen molar-refractivity contribution in [1.29, 1.82) is 0 Å². The van der Waals surface area contributed by atoms with Gasteiger partial charge >= 0.3 is 0 Å². The van der Waals surface area contributed by atoms with Crippen LogP contribution in [0, 0.1) is 12.8 Å². The van der Waals surface area contributed by atoms with Gasteiger partial charge in [-0.1, -0.05) is 12.1 Å². The molecule has 1 saturated heterocycles. The minimum absolute atomic E-state index is 0.0452. The van der Waals surface area contributed by atoms with Crippen molar-refractivity contribution < 1.29 is 9.90 Å². The van der Waals surface area contributed by atoms with Crippen LogP contribution >= 0.6 is 0 Å². The molecule has 0 bridgehead atoms. The first kappa shape index (κ1) is 18.1. The molecule has 0 spiro atoms. The highest BCUT2D eigenvalue weighted by Gasteiger charge is 2.35. The third kappa shape index (κ3) is 3.62. The number of nitrogen functional groups attached to an aromatic ring is 1. The fourth-order valence-corrected chi connectivity index (χ4v) is 4.52. The normalized spacial score (nSPS) is 23.8. The number of nitrogens with two attached hydrogens (primary N) is 1. The maximum Gasteiger partial charge on any atom is 0.167 e. The minimum Gasteiger partial charge on any atom is -0.398 e. The van der Waals surface area contributed by atoms with Gasteiger partial charge in [0.15, 0.2) is 5.78 Å². The van der Waals surface area contributed by atoms with E-state index in [9.17, 15) is 9.90 Å². The Kier molecular flexibility index (Phi) is 4.98. The third-order valence-corrected chi connectivity index (χ3v) is 6.16. The molecular weight excluding hydrogens is 338 g/mol. The number of rotatable bonds is 3. The molecule has 0 amide bonds. The summed E-state index contributed by atoms with van der Waals surface area (Å²) < 4.78 is 0. The molecule has 1 aliphatic heterocycles. The van der Waals surface area contributed by atoms with E-state index >= 15 is 0 Å². The average Bonchev–Trinajstić information content (AvgIpc) is 2.68. The maximum absolute atomic E-state index is 12.7. The van der Waals surface area contributed by atoms with Crippen molar-refractivity contribution in [2.75, 3.05) is 18.8 Å². The quantitative estimate of drug-likeness (QED) is 0.645. The Morgan fingerprint density at radius 3 is 2.67 bits per heavy atom. The molecular formula is C22H27N3O2. The SMILES string of the molecule is Cc1ccc(C(=O)C2CCN(C3Cc4c(N)cccc4CC3O)CC2)cn1. The zero-order valence-corrected chi connectivity index (χ0v) is 15.8. The lowest BCUT2D eigenvalue weighted by Crippen LogP contribution is -2.51. The highest BCUT2D eigenvalue weighted by atomic mass is 16.3. The first-order valence-corrected chi connectivity index (χ1v) is 9.78. The lowest BCUT2D eigenvalue weighted by atomic mass is 9.82. The molecule has 27 heavy (non-hydrogen) atoms. The number of nitrogens with zero attached hydrogens (tertiary/aromatic N) is 2. The molecule has 3 N–H and O–H groups in total. The van der Waals surface area contributed by atoms with Crippen molar-refractivity contribution in [2.24, 2.45) is 5.92 Å². The molecule has 0 saturated carbocycles. The maximum atomic E-state index is 12.7. The Hall–Kier alpha value is -2.24. The molecule has 1 aliphatic carbocycles. The van der Waals surface area contributed by atoms with Gasteiger partial charge in [0, 0.05) is 41.5 Å². The van der Waals surface area contributed by atoms with Crippen LogP contribution in [0.25, 0.3) is 0 Å². The number of hydrogen-bond acceptors (Lipinski definition) is 5. The number of hydrogen-bond donors (Lipinski definition) is 2. The highest BCUT2D eigenvalue weighted by molar-refractivity contribution is 5.97. The van der Waals surface area contributed by atoms with Crippen LogP contribution < -0.4 is 5.73 Å². The summed E-state index contributed by atoms with van der Waals surface area (Å²) in [5.74, 6) is 0.241. The first-order chi connectivity index (χ1) is 13.0. The second-order valence-electron chi connectivity index (χ2n) is 7.89. The third-order valence-electron chi connectivity index (χ3n) is 6.16. The summed E-state index contributed by atoms with van der Waals surface area (Å²) in [6, 6.07) is 9.81. The summed E-state index contributed by atoms with van der Waals surface area (Å²) in [6.07, 6.45) is 4.39. The van der Waals surface area contributed by atoms with Crippen LogP contribution in [0.3, 0.4) is 0 Å². The molecule has 2 unspecified atom stereocenters. The molecule has 2 atom stereocenters. The fraction of sp³-hybridized carbons (Fsp3) is 0.455. The van der Waals surface area contributed by atoms with E-state index in [0.717, 1.165) is 49.3 Å². The van der Waals surface area contributed by atoms with Gasteiger partial charge in [-0.05, 0) is 68.6 Å². The van der Waals surface area contributed by atoms with Crippen LogP contribution in [0.2, 0.25) is 0 Å². The number of Topliss-reactive ketones (excluding diaryl/α,β-unsaturated/α-hetero) is 1. The number of piperidine rings is 1. The number of aryl methyl sites for hydroxylation is 1. The number of carbonyl (C=O) groups is 1. The summed E-state index contributed by atoms with van der Waals surface area (Å²) in [5.41, 5.74) is 11.0. The van der Waals surface area contributed by atoms with Crippen molar-refractivity contribution in [3.8, 4) is 0 Å². The van der Waals surface area contributed by atoms with Crippen LogP contribution in [0.4, 0.5) is 5.69 Å². The van der Waals surface area contributed by atoms with Crippen molar-refractivity contribution in [1.82, 2.24) is 9.88 Å². The zero-order chi connectivity index (χ0) is 19.0. The van der Waals surface area contributed by atoms with Gasteiger partial charge in [-0.15, -0.1) is 0 Å². The molecule has 5 nitrogen and oxygen atoms in total. The number of aliphatic hydroxyl groups is 1. The number of aliphatic hydroxyl groups excluding tert-OH is 1. The van der Waals surface area contributed by atoms with Gasteiger partial charge in [0.1, 0.15) is 0 Å². The summed E-state index contributed by atoms with van der Waals surface area (Å²) in [6.45, 7) is 3.59. The molecule has 2 aliphatic rings. The predicted molar refractivity (Wildman–Crippen MR) is 106 cm³/mol. The molecule has 1 aromatic heterocycles. The molecule has 142 valence electrons. The van der Waals surface area contributed by atoms with E-state index in [1.54, 1.807) is 6.20 Å². The summed E-state index contributed by atoms with van der Waals surface area (Å²) >= 11 is 0. The van der Waals surface area contributed by atoms with Crippen LogP contribution in [0.1, 0.15) is 40.0 Å². The number of aromatic nitrogens is 1. The number of ketones is 1. The number of pyridine rings is 1. The second-order valence-corrected chi connectivity index (χ2v) is 7.89. The second kappa shape index (κ2) is 7.41. The summed E-state index contributed by atoms with van der Waals surface area (Å²) in [7, 11) is 0. The van der Waals surface area contributed by atoms with E-state index in [0.29, 0.717) is 12.0 Å². The van der Waals surface area contributed by atoms with Gasteiger partial charge in [-0.2, -0.15) is 0 Å². The van der Waals surface area contributed by atoms with Crippen molar-refractivity contribution in [2.45, 2.75) is 44.8 Å². The molecule has 2 heterocycles. The number of likely N-dealkylation sites (tertiary alicyclic amines) is 1. The molecule has 2 aromatic rings. The van der Waals surface area contributed by atoms with Gasteiger partial charge < -0.3 is 10.8 Å². The Morgan fingerprint density at radius 1 is 1.19 bits per heavy atom. The summed E-state index contributed by atoms with van der Waals surface area (Å²) in [4.78, 5) is 19.3. The van der Waals surface area contributed by atoms with Gasteiger partial charge in [0.05, 0.1) is 6.10 Å². The summed E-state index contributed by atoms with van der Waals surface area (Å²) in [5, 5.41) is 10.7. The van der Waals surface area contributed by atoms with E-state index in [1.165, 1.54) is 5.56 Å². The average molecular weight is 365 g/mol. The lowest BCUT2D eigenvalue weighted by molar-refractivity contribution is 0.0241. The fourth-order valence-electron chi connectivity index (χ4n) is 4.52. The minimum atomic E-state index is -0.382. The van der Waals surface area contributed by atoms with Gasteiger partial charge in [-0.3, -0.25) is 14.7 Å². The number of anilines is 1. The first-order valence-electron chi connectivity index (χ1n) is 9.78. The molecule has 1 aromatic carbocycles. The van der Waals surface area contributed by atoms with Crippen LogP contribution in [-0.4, -0.2) is 46.0 Å². The monoisotopic (exact) mass is 365 g/mol. The van der Waals surface area contributed by atoms with Gasteiger partial charge in [0.25, 0.3) is 0 Å². The number of fused-ring (bicyclic) bond motifs is 1. The van der Waals surface area contributed by atoms with Crippen molar-refractivity contribution in [3.05, 3.63) is 58.9 Å². The standard InChI is InChI=1S/C22H27N3O2/c1-14-5-6-17(13-24-14)22(27)15-7-9-25(10-8-15)20-12-18-16(11-21(20)26)3-2-4-19(18)23/h2-6,13,15,20-21,26H,7-12,23H2,1H3. The molecule has 5 heteroatoms. The smallest absolute Gasteiger partial charge is 0.167 e. The van der Waals surface area contributed by atoms with E-state index in [2.05, 4.69) is 16.0 Å². The highest BCUT2D eigenvalue weighted by Crippen LogP contribution is 2.31. The van der Waals surface area contributed by atoms with E-state index in [1.807, 2.05) is 31.2 Å². The van der Waals surface area contributed by atoms with Crippen LogP contribution in [0.15, 0.2) is 36.5 Å². The van der Waals surface area contributed by atoms with Gasteiger partial charge in [0.2, 0.25) is 0 Å². The Bertz CT molecular complexity index is 826.